The van der Waals surface area contributed by atoms with Gasteiger partial charge in [0, 0.05) is 23.6 Å². The maximum Gasteiger partial charge on any atom is 0.267 e. The van der Waals surface area contributed by atoms with Crippen molar-refractivity contribution in [3.8, 4) is 11.5 Å². The van der Waals surface area contributed by atoms with E-state index in [0.29, 0.717) is 36.0 Å². The van der Waals surface area contributed by atoms with Crippen molar-refractivity contribution in [3.05, 3.63) is 45.4 Å². The van der Waals surface area contributed by atoms with Crippen molar-refractivity contribution >= 4 is 5.91 Å². The fourth-order valence-electron chi connectivity index (χ4n) is 2.74. The van der Waals surface area contributed by atoms with E-state index in [1.54, 1.807) is 19.1 Å². The lowest BCUT2D eigenvalue weighted by Crippen LogP contribution is -2.21. The minimum absolute atomic E-state index is 0.0431. The zero-order valence-electron chi connectivity index (χ0n) is 12.1. The van der Waals surface area contributed by atoms with E-state index in [1.807, 2.05) is 6.07 Å². The normalized spacial score (nSPS) is 14.6. The number of carbonyl (C=O) groups is 1. The standard InChI is InChI=1S/C15H17N3O4/c1-8-14(15(20)18-17-8)10(7-13(16)19)9-2-3-11-12(6-9)22-5-4-21-11/h2-3,6,10H,4-5,7H2,1H3,(H2,16,19)(H2,17,18,20)/t10-/m1/s1. The molecule has 7 heteroatoms. The Bertz CT molecular complexity index is 762. The van der Waals surface area contributed by atoms with Crippen LogP contribution in [0.3, 0.4) is 0 Å². The number of carbonyl (C=O) groups excluding carboxylic acids is 1. The molecule has 0 radical (unpaired) electrons. The van der Waals surface area contributed by atoms with Crippen LogP contribution >= 0.6 is 0 Å². The summed E-state index contributed by atoms with van der Waals surface area (Å²) in [6.07, 6.45) is 0.0431. The number of aryl methyl sites for hydroxylation is 1. The van der Waals surface area contributed by atoms with Gasteiger partial charge >= 0.3 is 0 Å². The molecule has 2 heterocycles. The van der Waals surface area contributed by atoms with Gasteiger partial charge in [-0.2, -0.15) is 0 Å². The Labute approximate surface area is 126 Å². The van der Waals surface area contributed by atoms with Crippen LogP contribution in [0.5, 0.6) is 11.5 Å². The average Bonchev–Trinajstić information content (AvgIpc) is 2.83. The third kappa shape index (κ3) is 2.57. The van der Waals surface area contributed by atoms with Gasteiger partial charge in [-0.1, -0.05) is 6.07 Å². The van der Waals surface area contributed by atoms with Gasteiger partial charge in [0.15, 0.2) is 11.5 Å². The molecule has 1 aliphatic heterocycles. The quantitative estimate of drug-likeness (QED) is 0.775. The summed E-state index contributed by atoms with van der Waals surface area (Å²) < 4.78 is 11.0. The fourth-order valence-corrected chi connectivity index (χ4v) is 2.74. The zero-order chi connectivity index (χ0) is 15.7. The summed E-state index contributed by atoms with van der Waals surface area (Å²) in [5, 5.41) is 5.31. The van der Waals surface area contributed by atoms with Crippen molar-refractivity contribution in [1.29, 1.82) is 0 Å². The summed E-state index contributed by atoms with van der Waals surface area (Å²) in [5.41, 5.74) is 7.09. The van der Waals surface area contributed by atoms with E-state index in [1.165, 1.54) is 0 Å². The van der Waals surface area contributed by atoms with E-state index in [-0.39, 0.29) is 12.0 Å². The Kier molecular flexibility index (Phi) is 3.62. The smallest absolute Gasteiger partial charge is 0.267 e. The minimum Gasteiger partial charge on any atom is -0.486 e. The molecule has 1 aliphatic rings. The van der Waals surface area contributed by atoms with Crippen molar-refractivity contribution in [3.63, 3.8) is 0 Å². The number of aromatic amines is 2. The number of nitrogens with one attached hydrogen (secondary N) is 2. The van der Waals surface area contributed by atoms with Crippen LogP contribution < -0.4 is 20.8 Å². The Morgan fingerprint density at radius 3 is 2.64 bits per heavy atom. The Hall–Kier alpha value is -2.70. The van der Waals surface area contributed by atoms with Crippen LogP contribution in [-0.4, -0.2) is 29.3 Å². The molecule has 4 N–H and O–H groups in total. The Morgan fingerprint density at radius 2 is 2.00 bits per heavy atom. The van der Waals surface area contributed by atoms with E-state index in [2.05, 4.69) is 10.2 Å². The highest BCUT2D eigenvalue weighted by Crippen LogP contribution is 2.36. The first-order valence-electron chi connectivity index (χ1n) is 7.01. The molecule has 1 atom stereocenters. The van der Waals surface area contributed by atoms with E-state index in [0.717, 1.165) is 5.56 Å². The SMILES string of the molecule is Cc1[nH][nH]c(=O)c1[C@H](CC(N)=O)c1ccc2c(c1)OCCO2. The van der Waals surface area contributed by atoms with Crippen LogP contribution in [0.1, 0.15) is 29.2 Å². The average molecular weight is 303 g/mol. The van der Waals surface area contributed by atoms with Gasteiger partial charge in [0.05, 0.1) is 0 Å². The van der Waals surface area contributed by atoms with Crippen molar-refractivity contribution in [2.45, 2.75) is 19.3 Å². The van der Waals surface area contributed by atoms with Crippen LogP contribution in [0.4, 0.5) is 0 Å². The molecule has 7 nitrogen and oxygen atoms in total. The maximum absolute atomic E-state index is 12.0. The summed E-state index contributed by atoms with van der Waals surface area (Å²) in [6, 6.07) is 5.41. The third-order valence-electron chi connectivity index (χ3n) is 3.73. The molecule has 22 heavy (non-hydrogen) atoms. The van der Waals surface area contributed by atoms with Crippen molar-refractivity contribution < 1.29 is 14.3 Å². The van der Waals surface area contributed by atoms with Gasteiger partial charge in [-0.25, -0.2) is 0 Å². The molecule has 3 rings (SSSR count). The molecule has 1 aromatic heterocycles. The lowest BCUT2D eigenvalue weighted by atomic mass is 9.88. The molecule has 1 aromatic carbocycles. The van der Waals surface area contributed by atoms with Gasteiger partial charge in [-0.3, -0.25) is 14.7 Å². The number of hydrogen-bond acceptors (Lipinski definition) is 4. The molecule has 1 amide bonds. The number of aromatic nitrogens is 2. The molecule has 0 spiro atoms. The van der Waals surface area contributed by atoms with Crippen LogP contribution in [0, 0.1) is 6.92 Å². The topological polar surface area (TPSA) is 110 Å². The second-order valence-electron chi connectivity index (χ2n) is 5.24. The van der Waals surface area contributed by atoms with Gasteiger partial charge in [0.1, 0.15) is 13.2 Å². The van der Waals surface area contributed by atoms with Crippen LogP contribution in [0.2, 0.25) is 0 Å². The van der Waals surface area contributed by atoms with Gasteiger partial charge in [0.25, 0.3) is 5.56 Å². The molecular formula is C15H17N3O4. The summed E-state index contributed by atoms with van der Waals surface area (Å²) >= 11 is 0. The lowest BCUT2D eigenvalue weighted by Gasteiger charge is -2.21. The summed E-state index contributed by atoms with van der Waals surface area (Å²) in [7, 11) is 0. The molecule has 2 aromatic rings. The highest BCUT2D eigenvalue weighted by atomic mass is 16.6. The van der Waals surface area contributed by atoms with E-state index in [9.17, 15) is 9.59 Å². The fraction of sp³-hybridized carbons (Fsp3) is 0.333. The number of ether oxygens (including phenoxy) is 2. The molecule has 0 aliphatic carbocycles. The highest BCUT2D eigenvalue weighted by molar-refractivity contribution is 5.75. The largest absolute Gasteiger partial charge is 0.486 e. The summed E-state index contributed by atoms with van der Waals surface area (Å²) in [6.45, 7) is 2.76. The number of amides is 1. The van der Waals surface area contributed by atoms with Crippen LogP contribution in [0.25, 0.3) is 0 Å². The van der Waals surface area contributed by atoms with Gasteiger partial charge in [0.2, 0.25) is 5.91 Å². The number of hydrogen-bond donors (Lipinski definition) is 3. The second kappa shape index (κ2) is 5.59. The van der Waals surface area contributed by atoms with E-state index >= 15 is 0 Å². The summed E-state index contributed by atoms with van der Waals surface area (Å²) in [5.74, 6) is 0.374. The zero-order valence-corrected chi connectivity index (χ0v) is 12.1. The van der Waals surface area contributed by atoms with E-state index < -0.39 is 11.8 Å². The van der Waals surface area contributed by atoms with Crippen molar-refractivity contribution in [2.24, 2.45) is 5.73 Å². The van der Waals surface area contributed by atoms with Crippen LogP contribution in [0.15, 0.2) is 23.0 Å². The number of primary amides is 1. The highest BCUT2D eigenvalue weighted by Gasteiger charge is 2.25. The second-order valence-corrected chi connectivity index (χ2v) is 5.24. The van der Waals surface area contributed by atoms with Gasteiger partial charge in [-0.05, 0) is 24.6 Å². The minimum atomic E-state index is -0.472. The molecule has 0 saturated carbocycles. The maximum atomic E-state index is 12.0. The van der Waals surface area contributed by atoms with Crippen LogP contribution in [-0.2, 0) is 4.79 Å². The number of fused-ring (bicyclic) bond motifs is 1. The van der Waals surface area contributed by atoms with Crippen molar-refractivity contribution in [2.75, 3.05) is 13.2 Å². The number of rotatable bonds is 4. The van der Waals surface area contributed by atoms with Crippen molar-refractivity contribution in [1.82, 2.24) is 10.2 Å². The predicted octanol–water partition coefficient (Wildman–Crippen LogP) is 0.790. The first-order valence-corrected chi connectivity index (χ1v) is 7.01. The van der Waals surface area contributed by atoms with Gasteiger partial charge < -0.3 is 20.3 Å². The molecular weight excluding hydrogens is 286 g/mol. The van der Waals surface area contributed by atoms with E-state index in [4.69, 9.17) is 15.2 Å². The molecule has 0 unspecified atom stereocenters. The lowest BCUT2D eigenvalue weighted by molar-refractivity contribution is -0.118. The monoisotopic (exact) mass is 303 g/mol. The first kappa shape index (κ1) is 14.2. The molecule has 0 saturated heterocycles. The number of nitrogens with two attached hydrogens (primary N) is 1. The molecule has 116 valence electrons. The van der Waals surface area contributed by atoms with Gasteiger partial charge in [-0.15, -0.1) is 0 Å². The summed E-state index contributed by atoms with van der Waals surface area (Å²) in [4.78, 5) is 23.5. The number of benzene rings is 1. The predicted molar refractivity (Wildman–Crippen MR) is 79.2 cm³/mol. The molecule has 0 bridgehead atoms. The Balaban J connectivity index is 2.06. The third-order valence-corrected chi connectivity index (χ3v) is 3.73. The number of H-pyrrole nitrogens is 2. The Morgan fingerprint density at radius 1 is 1.27 bits per heavy atom. The first-order chi connectivity index (χ1) is 10.6. The molecule has 0 fully saturated rings.